The van der Waals surface area contributed by atoms with E-state index in [9.17, 15) is 9.59 Å². The third-order valence-electron chi connectivity index (χ3n) is 4.43. The summed E-state index contributed by atoms with van der Waals surface area (Å²) in [6.45, 7) is 9.92. The van der Waals surface area contributed by atoms with Gasteiger partial charge in [0.15, 0.2) is 6.61 Å². The Morgan fingerprint density at radius 2 is 1.76 bits per heavy atom. The average Bonchev–Trinajstić information content (AvgIpc) is 2.65. The summed E-state index contributed by atoms with van der Waals surface area (Å²) in [6, 6.07) is 16.7. The lowest BCUT2D eigenvalue weighted by molar-refractivity contribution is -0.143. The maximum absolute atomic E-state index is 13.1. The van der Waals surface area contributed by atoms with Crippen molar-refractivity contribution in [3.05, 3.63) is 65.7 Å². The average molecular weight is 397 g/mol. The normalized spacial score (nSPS) is 12.2. The van der Waals surface area contributed by atoms with Crippen molar-refractivity contribution >= 4 is 11.8 Å². The summed E-state index contributed by atoms with van der Waals surface area (Å²) in [5.74, 6) is 0.274. The molecule has 0 fully saturated rings. The maximum atomic E-state index is 13.1. The third-order valence-corrected chi connectivity index (χ3v) is 4.43. The standard InChI is InChI=1S/C24H32N2O3/c1-6-21(23(28)25-24(3,4)5)26(16-19-12-8-7-9-13-19)22(27)17-29-20-14-10-11-18(2)15-20/h7-15,21H,6,16-17H2,1-5H3,(H,25,28). The van der Waals surface area contributed by atoms with Crippen molar-refractivity contribution in [3.8, 4) is 5.75 Å². The van der Waals surface area contributed by atoms with Gasteiger partial charge in [0.25, 0.3) is 5.91 Å². The molecule has 2 aromatic rings. The highest BCUT2D eigenvalue weighted by Gasteiger charge is 2.30. The van der Waals surface area contributed by atoms with Crippen molar-refractivity contribution in [2.45, 2.75) is 59.2 Å². The second-order valence-electron chi connectivity index (χ2n) is 8.28. The Hall–Kier alpha value is -2.82. The zero-order chi connectivity index (χ0) is 21.4. The van der Waals surface area contributed by atoms with Gasteiger partial charge in [-0.2, -0.15) is 0 Å². The van der Waals surface area contributed by atoms with Crippen LogP contribution in [0.3, 0.4) is 0 Å². The summed E-state index contributed by atoms with van der Waals surface area (Å²) in [5.41, 5.74) is 1.66. The van der Waals surface area contributed by atoms with Crippen molar-refractivity contribution < 1.29 is 14.3 Å². The zero-order valence-corrected chi connectivity index (χ0v) is 18.1. The van der Waals surface area contributed by atoms with Crippen LogP contribution in [0, 0.1) is 6.92 Å². The lowest BCUT2D eigenvalue weighted by atomic mass is 10.1. The van der Waals surface area contributed by atoms with Gasteiger partial charge in [0, 0.05) is 12.1 Å². The van der Waals surface area contributed by atoms with Gasteiger partial charge in [0.2, 0.25) is 5.91 Å². The lowest BCUT2D eigenvalue weighted by Gasteiger charge is -2.33. The van der Waals surface area contributed by atoms with Crippen LogP contribution in [-0.4, -0.2) is 34.9 Å². The molecular formula is C24H32N2O3. The topological polar surface area (TPSA) is 58.6 Å². The van der Waals surface area contributed by atoms with Crippen molar-refractivity contribution in [1.29, 1.82) is 0 Å². The molecule has 0 aliphatic carbocycles. The Balaban J connectivity index is 2.20. The highest BCUT2D eigenvalue weighted by Crippen LogP contribution is 2.16. The second kappa shape index (κ2) is 10.1. The van der Waals surface area contributed by atoms with Crippen LogP contribution in [0.1, 0.15) is 45.2 Å². The molecule has 0 radical (unpaired) electrons. The number of aryl methyl sites for hydroxylation is 1. The van der Waals surface area contributed by atoms with E-state index in [1.807, 2.05) is 89.2 Å². The minimum Gasteiger partial charge on any atom is -0.484 e. The summed E-state index contributed by atoms with van der Waals surface area (Å²) in [5, 5.41) is 3.00. The number of nitrogens with zero attached hydrogens (tertiary/aromatic N) is 1. The molecule has 0 saturated heterocycles. The van der Waals surface area contributed by atoms with Gasteiger partial charge in [-0.15, -0.1) is 0 Å². The fraction of sp³-hybridized carbons (Fsp3) is 0.417. The molecule has 5 nitrogen and oxygen atoms in total. The molecule has 1 N–H and O–H groups in total. The Kier molecular flexibility index (Phi) is 7.82. The largest absolute Gasteiger partial charge is 0.484 e. The van der Waals surface area contributed by atoms with E-state index in [-0.39, 0.29) is 24.0 Å². The number of hydrogen-bond donors (Lipinski definition) is 1. The fourth-order valence-corrected chi connectivity index (χ4v) is 3.09. The molecule has 2 aromatic carbocycles. The summed E-state index contributed by atoms with van der Waals surface area (Å²) in [4.78, 5) is 27.6. The molecular weight excluding hydrogens is 364 g/mol. The van der Waals surface area contributed by atoms with E-state index in [1.165, 1.54) is 0 Å². The number of amides is 2. The van der Waals surface area contributed by atoms with Crippen LogP contribution < -0.4 is 10.1 Å². The predicted octanol–water partition coefficient (Wildman–Crippen LogP) is 4.10. The molecule has 2 amide bonds. The van der Waals surface area contributed by atoms with Crippen LogP contribution in [0.2, 0.25) is 0 Å². The first-order valence-electron chi connectivity index (χ1n) is 10.0. The van der Waals surface area contributed by atoms with Crippen molar-refractivity contribution in [3.63, 3.8) is 0 Å². The lowest BCUT2D eigenvalue weighted by Crippen LogP contribution is -2.54. The van der Waals surface area contributed by atoms with E-state index in [0.29, 0.717) is 18.7 Å². The number of rotatable bonds is 8. The molecule has 0 saturated carbocycles. The molecule has 0 heterocycles. The molecule has 156 valence electrons. The summed E-state index contributed by atoms with van der Waals surface area (Å²) in [6.07, 6.45) is 0.519. The molecule has 29 heavy (non-hydrogen) atoms. The highest BCUT2D eigenvalue weighted by atomic mass is 16.5. The molecule has 2 rings (SSSR count). The molecule has 0 spiro atoms. The molecule has 0 aliphatic rings. The Morgan fingerprint density at radius 3 is 2.34 bits per heavy atom. The van der Waals surface area contributed by atoms with E-state index < -0.39 is 6.04 Å². The second-order valence-corrected chi connectivity index (χ2v) is 8.28. The van der Waals surface area contributed by atoms with Crippen molar-refractivity contribution in [1.82, 2.24) is 10.2 Å². The molecule has 0 bridgehead atoms. The van der Waals surface area contributed by atoms with Crippen LogP contribution in [0.15, 0.2) is 54.6 Å². The molecule has 1 unspecified atom stereocenters. The van der Waals surface area contributed by atoms with E-state index in [4.69, 9.17) is 4.74 Å². The van der Waals surface area contributed by atoms with Gasteiger partial charge in [0.1, 0.15) is 11.8 Å². The van der Waals surface area contributed by atoms with E-state index in [1.54, 1.807) is 4.90 Å². The molecule has 5 heteroatoms. The zero-order valence-electron chi connectivity index (χ0n) is 18.1. The smallest absolute Gasteiger partial charge is 0.261 e. The Morgan fingerprint density at radius 1 is 1.07 bits per heavy atom. The first-order valence-corrected chi connectivity index (χ1v) is 10.0. The van der Waals surface area contributed by atoms with Gasteiger partial charge in [-0.25, -0.2) is 0 Å². The molecule has 0 aromatic heterocycles. The Bertz CT molecular complexity index is 812. The number of nitrogens with one attached hydrogen (secondary N) is 1. The van der Waals surface area contributed by atoms with Gasteiger partial charge in [-0.05, 0) is 57.4 Å². The van der Waals surface area contributed by atoms with Gasteiger partial charge in [0.05, 0.1) is 0 Å². The van der Waals surface area contributed by atoms with Gasteiger partial charge in [-0.3, -0.25) is 9.59 Å². The highest BCUT2D eigenvalue weighted by molar-refractivity contribution is 5.88. The summed E-state index contributed by atoms with van der Waals surface area (Å²) < 4.78 is 5.72. The van der Waals surface area contributed by atoms with Crippen LogP contribution >= 0.6 is 0 Å². The predicted molar refractivity (Wildman–Crippen MR) is 116 cm³/mol. The van der Waals surface area contributed by atoms with E-state index in [0.717, 1.165) is 11.1 Å². The number of carbonyl (C=O) groups excluding carboxylic acids is 2. The quantitative estimate of drug-likeness (QED) is 0.731. The van der Waals surface area contributed by atoms with Gasteiger partial charge < -0.3 is 15.0 Å². The van der Waals surface area contributed by atoms with Crippen LogP contribution in [0.4, 0.5) is 0 Å². The maximum Gasteiger partial charge on any atom is 0.261 e. The summed E-state index contributed by atoms with van der Waals surface area (Å²) in [7, 11) is 0. The first kappa shape index (κ1) is 22.5. The Labute approximate surface area is 174 Å². The third kappa shape index (κ3) is 7.26. The number of ether oxygens (including phenoxy) is 1. The monoisotopic (exact) mass is 396 g/mol. The number of benzene rings is 2. The van der Waals surface area contributed by atoms with Crippen LogP contribution in [0.25, 0.3) is 0 Å². The van der Waals surface area contributed by atoms with E-state index in [2.05, 4.69) is 5.32 Å². The van der Waals surface area contributed by atoms with Gasteiger partial charge in [-0.1, -0.05) is 49.4 Å². The number of hydrogen-bond acceptors (Lipinski definition) is 3. The van der Waals surface area contributed by atoms with Gasteiger partial charge >= 0.3 is 0 Å². The first-order chi connectivity index (χ1) is 13.7. The minimum absolute atomic E-state index is 0.115. The van der Waals surface area contributed by atoms with Crippen LogP contribution in [0.5, 0.6) is 5.75 Å². The summed E-state index contributed by atoms with van der Waals surface area (Å²) >= 11 is 0. The van der Waals surface area contributed by atoms with Crippen molar-refractivity contribution in [2.24, 2.45) is 0 Å². The van der Waals surface area contributed by atoms with Crippen molar-refractivity contribution in [2.75, 3.05) is 6.61 Å². The molecule has 0 aliphatic heterocycles. The van der Waals surface area contributed by atoms with E-state index >= 15 is 0 Å². The molecule has 1 atom stereocenters. The number of carbonyl (C=O) groups is 2. The van der Waals surface area contributed by atoms with Crippen LogP contribution in [-0.2, 0) is 16.1 Å². The minimum atomic E-state index is -0.567. The SMILES string of the molecule is CCC(C(=O)NC(C)(C)C)N(Cc1ccccc1)C(=O)COc1cccc(C)c1. The fourth-order valence-electron chi connectivity index (χ4n) is 3.09.